The van der Waals surface area contributed by atoms with Gasteiger partial charge in [-0.1, -0.05) is 44.2 Å². The van der Waals surface area contributed by atoms with Crippen LogP contribution in [0.3, 0.4) is 0 Å². The summed E-state index contributed by atoms with van der Waals surface area (Å²) >= 11 is 0. The van der Waals surface area contributed by atoms with Gasteiger partial charge in [-0.25, -0.2) is 9.59 Å². The minimum atomic E-state index is -1.00. The molecule has 0 saturated carbocycles. The number of carbonyl (C=O) groups excluding carboxylic acids is 2. The Labute approximate surface area is 166 Å². The Morgan fingerprint density at radius 3 is 2.32 bits per heavy atom. The van der Waals surface area contributed by atoms with E-state index in [-0.39, 0.29) is 23.8 Å². The van der Waals surface area contributed by atoms with E-state index in [1.807, 2.05) is 44.2 Å². The number of benzene rings is 1. The number of hydrogen-bond acceptors (Lipinski definition) is 3. The molecule has 1 aliphatic heterocycles. The highest BCUT2D eigenvalue weighted by atomic mass is 16.4. The number of nitrogens with zero attached hydrogens (tertiary/aromatic N) is 2. The van der Waals surface area contributed by atoms with Crippen molar-refractivity contribution >= 4 is 17.9 Å². The first kappa shape index (κ1) is 21.7. The molecule has 0 aromatic heterocycles. The van der Waals surface area contributed by atoms with Crippen molar-refractivity contribution in [1.82, 2.24) is 15.1 Å². The van der Waals surface area contributed by atoms with E-state index in [9.17, 15) is 19.5 Å². The molecule has 0 spiro atoms. The summed E-state index contributed by atoms with van der Waals surface area (Å²) in [7, 11) is 1.78. The van der Waals surface area contributed by atoms with Crippen molar-refractivity contribution in [3.63, 3.8) is 0 Å². The molecule has 1 heterocycles. The summed E-state index contributed by atoms with van der Waals surface area (Å²) in [5, 5.41) is 12.0. The summed E-state index contributed by atoms with van der Waals surface area (Å²) in [6, 6.07) is 8.89. The third kappa shape index (κ3) is 6.25. The lowest BCUT2D eigenvalue weighted by Crippen LogP contribution is -2.49. The van der Waals surface area contributed by atoms with Crippen LogP contribution in [0, 0.1) is 11.8 Å². The van der Waals surface area contributed by atoms with Crippen LogP contribution >= 0.6 is 0 Å². The zero-order valence-electron chi connectivity index (χ0n) is 16.9. The second-order valence-corrected chi connectivity index (χ2v) is 7.91. The van der Waals surface area contributed by atoms with Crippen molar-refractivity contribution in [2.45, 2.75) is 45.7 Å². The first-order valence-corrected chi connectivity index (χ1v) is 9.85. The largest absolute Gasteiger partial charge is 0.480 e. The molecule has 1 fully saturated rings. The van der Waals surface area contributed by atoms with E-state index < -0.39 is 12.0 Å². The Kier molecular flexibility index (Phi) is 7.84. The molecule has 2 rings (SSSR count). The van der Waals surface area contributed by atoms with Gasteiger partial charge in [0.05, 0.1) is 0 Å². The summed E-state index contributed by atoms with van der Waals surface area (Å²) in [4.78, 5) is 39.9. The maximum absolute atomic E-state index is 12.6. The highest BCUT2D eigenvalue weighted by Gasteiger charge is 2.31. The monoisotopic (exact) mass is 389 g/mol. The van der Waals surface area contributed by atoms with Crippen LogP contribution in [0.2, 0.25) is 0 Å². The van der Waals surface area contributed by atoms with Gasteiger partial charge in [0.1, 0.15) is 6.04 Å². The number of carbonyl (C=O) groups is 3. The lowest BCUT2D eigenvalue weighted by Gasteiger charge is -2.34. The lowest BCUT2D eigenvalue weighted by molar-refractivity contribution is -0.143. The Balaban J connectivity index is 1.83. The topological polar surface area (TPSA) is 90.0 Å². The van der Waals surface area contributed by atoms with Gasteiger partial charge in [0.25, 0.3) is 0 Å². The predicted octanol–water partition coefficient (Wildman–Crippen LogP) is 2.57. The van der Waals surface area contributed by atoms with E-state index in [0.717, 1.165) is 5.56 Å². The van der Waals surface area contributed by atoms with Crippen molar-refractivity contribution < 1.29 is 19.5 Å². The average Bonchev–Trinajstić information content (AvgIpc) is 2.67. The molecular weight excluding hydrogens is 358 g/mol. The number of carboxylic acid groups (broad SMARTS) is 1. The van der Waals surface area contributed by atoms with E-state index >= 15 is 0 Å². The number of likely N-dealkylation sites (tertiary alicyclic amines) is 1. The molecule has 1 aromatic rings. The highest BCUT2D eigenvalue weighted by molar-refractivity contribution is 5.85. The van der Waals surface area contributed by atoms with Gasteiger partial charge in [0.15, 0.2) is 0 Å². The third-order valence-corrected chi connectivity index (χ3v) is 5.05. The number of aliphatic carboxylic acids is 1. The molecule has 1 aliphatic rings. The van der Waals surface area contributed by atoms with Gasteiger partial charge in [-0.3, -0.25) is 4.79 Å². The summed E-state index contributed by atoms with van der Waals surface area (Å²) in [6.45, 7) is 5.39. The quantitative estimate of drug-likeness (QED) is 0.750. The van der Waals surface area contributed by atoms with Crippen LogP contribution < -0.4 is 5.32 Å². The van der Waals surface area contributed by atoms with Gasteiger partial charge in [-0.05, 0) is 30.7 Å². The van der Waals surface area contributed by atoms with Crippen molar-refractivity contribution in [1.29, 1.82) is 0 Å². The molecule has 1 aromatic carbocycles. The summed E-state index contributed by atoms with van der Waals surface area (Å²) in [6.07, 6.45) is 1.50. The number of amides is 3. The first-order chi connectivity index (χ1) is 13.3. The van der Waals surface area contributed by atoms with E-state index in [1.54, 1.807) is 16.8 Å². The Hall–Kier alpha value is -2.57. The first-order valence-electron chi connectivity index (χ1n) is 9.85. The van der Waals surface area contributed by atoms with Crippen LogP contribution in [-0.4, -0.2) is 59.0 Å². The number of piperidine rings is 1. The molecule has 7 nitrogen and oxygen atoms in total. The van der Waals surface area contributed by atoms with Crippen LogP contribution in [0.25, 0.3) is 0 Å². The number of rotatable bonds is 7. The molecule has 1 saturated heterocycles. The fourth-order valence-corrected chi connectivity index (χ4v) is 3.48. The summed E-state index contributed by atoms with van der Waals surface area (Å²) in [5.74, 6) is -1.30. The summed E-state index contributed by atoms with van der Waals surface area (Å²) < 4.78 is 0. The fraction of sp³-hybridized carbons (Fsp3) is 0.571. The second-order valence-electron chi connectivity index (χ2n) is 7.91. The predicted molar refractivity (Wildman–Crippen MR) is 107 cm³/mol. The van der Waals surface area contributed by atoms with Crippen molar-refractivity contribution in [3.05, 3.63) is 35.9 Å². The zero-order valence-corrected chi connectivity index (χ0v) is 16.9. The van der Waals surface area contributed by atoms with Crippen LogP contribution in [0.15, 0.2) is 30.3 Å². The second kappa shape index (κ2) is 10.1. The zero-order chi connectivity index (χ0) is 20.7. The van der Waals surface area contributed by atoms with Crippen LogP contribution in [0.4, 0.5) is 4.79 Å². The van der Waals surface area contributed by atoms with Gasteiger partial charge in [0.2, 0.25) is 5.91 Å². The molecule has 0 aliphatic carbocycles. The molecule has 154 valence electrons. The minimum absolute atomic E-state index is 0.0501. The van der Waals surface area contributed by atoms with E-state index in [2.05, 4.69) is 5.32 Å². The van der Waals surface area contributed by atoms with E-state index in [1.165, 1.54) is 0 Å². The number of hydrogen-bond donors (Lipinski definition) is 2. The SMILES string of the molecule is CC(C)C[C@H](NC(=O)C1CCN(C(=O)N(C)Cc2ccccc2)CC1)C(=O)O. The van der Waals surface area contributed by atoms with E-state index in [0.29, 0.717) is 38.9 Å². The van der Waals surface area contributed by atoms with Crippen LogP contribution in [0.1, 0.15) is 38.7 Å². The molecule has 0 unspecified atom stereocenters. The molecule has 1 atom stereocenters. The molecular formula is C21H31N3O4. The molecule has 3 amide bonds. The Morgan fingerprint density at radius 2 is 1.79 bits per heavy atom. The van der Waals surface area contributed by atoms with Crippen molar-refractivity contribution in [2.75, 3.05) is 20.1 Å². The average molecular weight is 389 g/mol. The smallest absolute Gasteiger partial charge is 0.326 e. The fourth-order valence-electron chi connectivity index (χ4n) is 3.48. The minimum Gasteiger partial charge on any atom is -0.480 e. The standard InChI is InChI=1S/C21H31N3O4/c1-15(2)13-18(20(26)27)22-19(25)17-9-11-24(12-10-17)21(28)23(3)14-16-7-5-4-6-8-16/h4-8,15,17-18H,9-14H2,1-3H3,(H,22,25)(H,26,27)/t18-/m0/s1. The number of carboxylic acids is 1. The third-order valence-electron chi connectivity index (χ3n) is 5.05. The maximum atomic E-state index is 12.6. The number of urea groups is 1. The molecule has 2 N–H and O–H groups in total. The van der Waals surface area contributed by atoms with Gasteiger partial charge < -0.3 is 20.2 Å². The molecule has 0 radical (unpaired) electrons. The van der Waals surface area contributed by atoms with Gasteiger partial charge in [-0.2, -0.15) is 0 Å². The van der Waals surface area contributed by atoms with Crippen LogP contribution in [-0.2, 0) is 16.1 Å². The highest BCUT2D eigenvalue weighted by Crippen LogP contribution is 2.19. The number of nitrogens with one attached hydrogen (secondary N) is 1. The maximum Gasteiger partial charge on any atom is 0.326 e. The molecule has 7 heteroatoms. The van der Waals surface area contributed by atoms with Gasteiger partial charge in [0, 0.05) is 32.6 Å². The molecule has 0 bridgehead atoms. The van der Waals surface area contributed by atoms with Gasteiger partial charge in [-0.15, -0.1) is 0 Å². The molecule has 28 heavy (non-hydrogen) atoms. The summed E-state index contributed by atoms with van der Waals surface area (Å²) in [5.41, 5.74) is 1.07. The van der Waals surface area contributed by atoms with Crippen LogP contribution in [0.5, 0.6) is 0 Å². The Morgan fingerprint density at radius 1 is 1.18 bits per heavy atom. The van der Waals surface area contributed by atoms with Gasteiger partial charge >= 0.3 is 12.0 Å². The van der Waals surface area contributed by atoms with Crippen molar-refractivity contribution in [2.24, 2.45) is 11.8 Å². The normalized spacial score (nSPS) is 15.9. The van der Waals surface area contributed by atoms with E-state index in [4.69, 9.17) is 0 Å². The van der Waals surface area contributed by atoms with Crippen molar-refractivity contribution in [3.8, 4) is 0 Å². The Bertz CT molecular complexity index is 669. The lowest BCUT2D eigenvalue weighted by atomic mass is 9.95.